The van der Waals surface area contributed by atoms with Crippen LogP contribution >= 0.6 is 11.3 Å². The molecule has 3 heteroatoms. The lowest BCUT2D eigenvalue weighted by Crippen LogP contribution is -2.17. The molecule has 0 unspecified atom stereocenters. The van der Waals surface area contributed by atoms with Crippen LogP contribution in [0.4, 0.5) is 0 Å². The minimum atomic E-state index is 0.0490. The van der Waals surface area contributed by atoms with Gasteiger partial charge >= 0.3 is 0 Å². The van der Waals surface area contributed by atoms with Crippen LogP contribution in [0.15, 0.2) is 78.5 Å². The van der Waals surface area contributed by atoms with E-state index in [4.69, 9.17) is 0 Å². The molecule has 0 saturated heterocycles. The molecule has 1 aliphatic heterocycles. The summed E-state index contributed by atoms with van der Waals surface area (Å²) >= 11 is 1.73. The van der Waals surface area contributed by atoms with E-state index in [1.807, 2.05) is 17.0 Å². The van der Waals surface area contributed by atoms with Crippen LogP contribution in [-0.2, 0) is 5.41 Å². The van der Waals surface area contributed by atoms with Gasteiger partial charge in [0, 0.05) is 5.52 Å². The highest BCUT2D eigenvalue weighted by atomic mass is 32.1. The van der Waals surface area contributed by atoms with E-state index in [9.17, 15) is 0 Å². The number of hydrogen-bond acceptors (Lipinski definition) is 1. The van der Waals surface area contributed by atoms with Gasteiger partial charge in [-0.05, 0) is 34.0 Å². The molecule has 5 rings (SSSR count). The van der Waals surface area contributed by atoms with Gasteiger partial charge in [-0.2, -0.15) is 0 Å². The number of aromatic nitrogens is 1. The number of thiophene rings is 1. The Hall–Kier alpha value is -3.17. The van der Waals surface area contributed by atoms with Crippen LogP contribution in [0.1, 0.15) is 37.5 Å². The number of allylic oxidation sites excluding steroid dienone is 2. The van der Waals surface area contributed by atoms with Gasteiger partial charge in [0.25, 0.3) is 0 Å². The van der Waals surface area contributed by atoms with Gasteiger partial charge in [0.15, 0.2) is 4.70 Å². The van der Waals surface area contributed by atoms with Crippen molar-refractivity contribution in [2.24, 2.45) is 0 Å². The summed E-state index contributed by atoms with van der Waals surface area (Å²) < 4.78 is 3.16. The molecule has 30 heavy (non-hydrogen) atoms. The number of rotatable bonds is 2. The van der Waals surface area contributed by atoms with Crippen molar-refractivity contribution in [1.82, 2.24) is 4.98 Å². The summed E-state index contributed by atoms with van der Waals surface area (Å²) in [5.41, 5.74) is 5.91. The second-order valence-corrected chi connectivity index (χ2v) is 9.74. The molecule has 2 aromatic carbocycles. The van der Waals surface area contributed by atoms with E-state index < -0.39 is 0 Å². The predicted molar refractivity (Wildman–Crippen MR) is 129 cm³/mol. The molecule has 0 saturated carbocycles. The van der Waals surface area contributed by atoms with Crippen molar-refractivity contribution in [2.75, 3.05) is 0 Å². The van der Waals surface area contributed by atoms with E-state index in [2.05, 4.69) is 98.5 Å². The van der Waals surface area contributed by atoms with E-state index in [0.29, 0.717) is 0 Å². The van der Waals surface area contributed by atoms with Gasteiger partial charge < -0.3 is 0 Å². The molecule has 2 nitrogen and oxygen atoms in total. The first-order valence-electron chi connectivity index (χ1n) is 10.1. The standard InChI is InChI=1S/C27H24N2S/c1-27(2,3)23-14-20(13-19-7-5-6-8-22(19)23)25-15-18(9-11-29(25)4)21-16-26-24(28-17-21)10-12-30-26/h5-17H,4H2,1-3H3. The fourth-order valence-electron chi connectivity index (χ4n) is 4.04. The van der Waals surface area contributed by atoms with Gasteiger partial charge in [-0.1, -0.05) is 92.1 Å². The first-order valence-corrected chi connectivity index (χ1v) is 11.0. The summed E-state index contributed by atoms with van der Waals surface area (Å²) in [6.45, 7) is 11.1. The topological polar surface area (TPSA) is 15.9 Å². The quantitative estimate of drug-likeness (QED) is 0.199. The van der Waals surface area contributed by atoms with Gasteiger partial charge in [-0.15, -0.1) is 0 Å². The molecule has 0 fully saturated rings. The Balaban J connectivity index is 1.64. The maximum Gasteiger partial charge on any atom is 0.164 e. The van der Waals surface area contributed by atoms with E-state index in [-0.39, 0.29) is 5.41 Å². The van der Waals surface area contributed by atoms with Crippen molar-refractivity contribution in [3.8, 4) is 0 Å². The second kappa shape index (κ2) is 6.96. The molecule has 0 spiro atoms. The molecule has 0 aliphatic carbocycles. The van der Waals surface area contributed by atoms with Crippen LogP contribution in [0.3, 0.4) is 0 Å². The summed E-state index contributed by atoms with van der Waals surface area (Å²) in [6.07, 6.45) is 8.33. The maximum atomic E-state index is 4.62. The minimum Gasteiger partial charge on any atom is -0.282 e. The largest absolute Gasteiger partial charge is 0.282 e. The highest BCUT2D eigenvalue weighted by Crippen LogP contribution is 2.36. The molecule has 1 aliphatic rings. The molecule has 0 amide bonds. The minimum absolute atomic E-state index is 0.0490. The molecule has 148 valence electrons. The Morgan fingerprint density at radius 1 is 1.10 bits per heavy atom. The smallest absolute Gasteiger partial charge is 0.164 e. The predicted octanol–water partition coefficient (Wildman–Crippen LogP) is 6.95. The highest BCUT2D eigenvalue weighted by molar-refractivity contribution is 7.17. The fourth-order valence-corrected chi connectivity index (χ4v) is 4.82. The van der Waals surface area contributed by atoms with Crippen molar-refractivity contribution < 1.29 is 4.58 Å². The van der Waals surface area contributed by atoms with Gasteiger partial charge in [0.2, 0.25) is 0 Å². The van der Waals surface area contributed by atoms with E-state index in [1.165, 1.54) is 26.6 Å². The van der Waals surface area contributed by atoms with Gasteiger partial charge in [0.05, 0.1) is 12.1 Å². The third-order valence-electron chi connectivity index (χ3n) is 5.64. The Morgan fingerprint density at radius 3 is 2.77 bits per heavy atom. The summed E-state index contributed by atoms with van der Waals surface area (Å²) in [5.74, 6) is 0. The van der Waals surface area contributed by atoms with Crippen LogP contribution in [0.5, 0.6) is 0 Å². The third kappa shape index (κ3) is 3.25. The Kier molecular flexibility index (Phi) is 4.37. The normalized spacial score (nSPS) is 14.6. The number of pyridine rings is 1. The van der Waals surface area contributed by atoms with Crippen LogP contribution in [0, 0.1) is 6.04 Å². The summed E-state index contributed by atoms with van der Waals surface area (Å²) in [5, 5.41) is 4.66. The fraction of sp³-hybridized carbons (Fsp3) is 0.148. The first-order chi connectivity index (χ1) is 14.4. The highest BCUT2D eigenvalue weighted by Gasteiger charge is 2.22. The SMILES string of the molecule is C=[N+]1C=CC(c2cnc3cc[s+][c-]3c2)=C[C-]1c1cc(C(C)(C)C)c2ccccc2c1. The lowest BCUT2D eigenvalue weighted by Gasteiger charge is -2.27. The van der Waals surface area contributed by atoms with Gasteiger partial charge in [-0.25, -0.2) is 0 Å². The molecular formula is C27H24N2S. The molecule has 0 radical (unpaired) electrons. The molecule has 3 heterocycles. The second-order valence-electron chi connectivity index (χ2n) is 8.79. The zero-order chi connectivity index (χ0) is 20.9. The zero-order valence-corrected chi connectivity index (χ0v) is 18.3. The van der Waals surface area contributed by atoms with Gasteiger partial charge in [-0.3, -0.25) is 9.56 Å². The van der Waals surface area contributed by atoms with Crippen molar-refractivity contribution in [3.05, 3.63) is 101 Å². The molecule has 0 atom stereocenters. The lowest BCUT2D eigenvalue weighted by atomic mass is 9.81. The molecule has 0 N–H and O–H groups in total. The summed E-state index contributed by atoms with van der Waals surface area (Å²) in [6, 6.07) is 18.6. The average Bonchev–Trinajstić information content (AvgIpc) is 3.20. The third-order valence-corrected chi connectivity index (χ3v) is 6.49. The van der Waals surface area contributed by atoms with E-state index >= 15 is 0 Å². The van der Waals surface area contributed by atoms with Crippen molar-refractivity contribution in [2.45, 2.75) is 26.2 Å². The van der Waals surface area contributed by atoms with Crippen LogP contribution < -0.4 is 0 Å². The Bertz CT molecular complexity index is 1350. The number of fused-ring (bicyclic) bond motifs is 2. The van der Waals surface area contributed by atoms with Crippen molar-refractivity contribution >= 4 is 44.6 Å². The van der Waals surface area contributed by atoms with E-state index in [1.54, 1.807) is 11.3 Å². The number of hydrogen-bond donors (Lipinski definition) is 0. The first kappa shape index (κ1) is 18.8. The lowest BCUT2D eigenvalue weighted by molar-refractivity contribution is -0.417. The molecule has 4 aromatic rings. The number of benzene rings is 2. The zero-order valence-electron chi connectivity index (χ0n) is 17.5. The van der Waals surface area contributed by atoms with Crippen molar-refractivity contribution in [3.63, 3.8) is 0 Å². The van der Waals surface area contributed by atoms with E-state index in [0.717, 1.165) is 22.7 Å². The molecule has 0 bridgehead atoms. The van der Waals surface area contributed by atoms with Crippen molar-refractivity contribution in [1.29, 1.82) is 0 Å². The monoisotopic (exact) mass is 408 g/mol. The molecule has 2 aromatic heterocycles. The van der Waals surface area contributed by atoms with Crippen LogP contribution in [0.25, 0.3) is 26.6 Å². The van der Waals surface area contributed by atoms with Crippen LogP contribution in [-0.4, -0.2) is 16.3 Å². The summed E-state index contributed by atoms with van der Waals surface area (Å²) in [4.78, 5) is 4.62. The molecular weight excluding hydrogens is 384 g/mol. The maximum absolute atomic E-state index is 4.62. The van der Waals surface area contributed by atoms with Crippen LogP contribution in [0.2, 0.25) is 0 Å². The Morgan fingerprint density at radius 2 is 1.93 bits per heavy atom. The van der Waals surface area contributed by atoms with Gasteiger partial charge in [0.1, 0.15) is 23.6 Å². The Labute approximate surface area is 181 Å². The summed E-state index contributed by atoms with van der Waals surface area (Å²) in [7, 11) is 0. The average molecular weight is 409 g/mol. The number of nitrogens with zero attached hydrogens (tertiary/aromatic N) is 2.